The summed E-state index contributed by atoms with van der Waals surface area (Å²) in [4.78, 5) is 25.5. The highest BCUT2D eigenvalue weighted by molar-refractivity contribution is 6.04. The van der Waals surface area contributed by atoms with E-state index in [1.807, 2.05) is 26.8 Å². The Kier molecular flexibility index (Phi) is 4.88. The molecule has 1 aromatic carbocycles. The van der Waals surface area contributed by atoms with Gasteiger partial charge in [-0.05, 0) is 32.4 Å². The van der Waals surface area contributed by atoms with Crippen LogP contribution in [0.3, 0.4) is 0 Å². The second-order valence-corrected chi connectivity index (χ2v) is 4.28. The molecule has 0 unspecified atom stereocenters. The number of rotatable bonds is 4. The zero-order valence-electron chi connectivity index (χ0n) is 10.6. The Bertz CT molecular complexity index is 384. The van der Waals surface area contributed by atoms with Crippen molar-refractivity contribution in [2.75, 3.05) is 0 Å². The van der Waals surface area contributed by atoms with Crippen LogP contribution < -0.4 is 0 Å². The maximum absolute atomic E-state index is 12.2. The van der Waals surface area contributed by atoms with Crippen LogP contribution in [0.2, 0.25) is 0 Å². The molecule has 3 nitrogen and oxygen atoms in total. The SMILES string of the molecule is CCCC(=O)N(C(=O)c1ccccc1)C(C)C. The van der Waals surface area contributed by atoms with Crippen molar-refractivity contribution in [2.45, 2.75) is 39.7 Å². The molecule has 0 aliphatic carbocycles. The Hall–Kier alpha value is -1.64. The summed E-state index contributed by atoms with van der Waals surface area (Å²) in [7, 11) is 0. The first-order valence-corrected chi connectivity index (χ1v) is 5.99. The van der Waals surface area contributed by atoms with Gasteiger partial charge in [0.15, 0.2) is 0 Å². The molecule has 0 heterocycles. The standard InChI is InChI=1S/C14H19NO2/c1-4-8-13(16)15(11(2)3)14(17)12-9-6-5-7-10-12/h5-7,9-11H,4,8H2,1-3H3. The van der Waals surface area contributed by atoms with Gasteiger partial charge in [-0.15, -0.1) is 0 Å². The van der Waals surface area contributed by atoms with E-state index in [1.165, 1.54) is 4.90 Å². The average molecular weight is 233 g/mol. The number of hydrogen-bond donors (Lipinski definition) is 0. The van der Waals surface area contributed by atoms with Crippen molar-refractivity contribution in [3.63, 3.8) is 0 Å². The molecule has 0 radical (unpaired) electrons. The Balaban J connectivity index is 2.92. The largest absolute Gasteiger partial charge is 0.276 e. The van der Waals surface area contributed by atoms with Crippen LogP contribution in [0.15, 0.2) is 30.3 Å². The first-order chi connectivity index (χ1) is 8.07. The molecular formula is C14H19NO2. The maximum atomic E-state index is 12.2. The van der Waals surface area contributed by atoms with Crippen LogP contribution in [0.1, 0.15) is 44.0 Å². The lowest BCUT2D eigenvalue weighted by molar-refractivity contribution is -0.129. The fraction of sp³-hybridized carbons (Fsp3) is 0.429. The van der Waals surface area contributed by atoms with Crippen molar-refractivity contribution in [2.24, 2.45) is 0 Å². The maximum Gasteiger partial charge on any atom is 0.260 e. The summed E-state index contributed by atoms with van der Waals surface area (Å²) in [5.74, 6) is -0.310. The topological polar surface area (TPSA) is 37.4 Å². The molecule has 0 bridgehead atoms. The number of nitrogens with zero attached hydrogens (tertiary/aromatic N) is 1. The molecule has 0 saturated carbocycles. The van der Waals surface area contributed by atoms with Gasteiger partial charge in [-0.1, -0.05) is 25.1 Å². The lowest BCUT2D eigenvalue weighted by Gasteiger charge is -2.24. The van der Waals surface area contributed by atoms with Crippen molar-refractivity contribution < 1.29 is 9.59 Å². The van der Waals surface area contributed by atoms with E-state index in [9.17, 15) is 9.59 Å². The third-order valence-corrected chi connectivity index (χ3v) is 2.49. The molecule has 92 valence electrons. The fourth-order valence-corrected chi connectivity index (χ4v) is 1.69. The molecule has 0 N–H and O–H groups in total. The van der Waals surface area contributed by atoms with Crippen LogP contribution >= 0.6 is 0 Å². The summed E-state index contributed by atoms with van der Waals surface area (Å²) in [6.07, 6.45) is 1.17. The van der Waals surface area contributed by atoms with Crippen LogP contribution in [-0.2, 0) is 4.79 Å². The fourth-order valence-electron chi connectivity index (χ4n) is 1.69. The first-order valence-electron chi connectivity index (χ1n) is 5.99. The molecular weight excluding hydrogens is 214 g/mol. The number of benzene rings is 1. The number of imide groups is 1. The van der Waals surface area contributed by atoms with E-state index in [0.717, 1.165) is 6.42 Å². The predicted octanol–water partition coefficient (Wildman–Crippen LogP) is 2.86. The van der Waals surface area contributed by atoms with Crippen molar-refractivity contribution in [3.05, 3.63) is 35.9 Å². The smallest absolute Gasteiger partial charge is 0.260 e. The minimum atomic E-state index is -0.209. The molecule has 17 heavy (non-hydrogen) atoms. The van der Waals surface area contributed by atoms with Gasteiger partial charge in [-0.2, -0.15) is 0 Å². The second-order valence-electron chi connectivity index (χ2n) is 4.28. The van der Waals surface area contributed by atoms with Gasteiger partial charge in [0, 0.05) is 18.0 Å². The highest BCUT2D eigenvalue weighted by Gasteiger charge is 2.24. The van der Waals surface area contributed by atoms with Crippen LogP contribution in [-0.4, -0.2) is 22.8 Å². The Morgan fingerprint density at radius 1 is 1.18 bits per heavy atom. The van der Waals surface area contributed by atoms with E-state index in [-0.39, 0.29) is 17.9 Å². The summed E-state index contributed by atoms with van der Waals surface area (Å²) in [6.45, 7) is 5.65. The van der Waals surface area contributed by atoms with Gasteiger partial charge < -0.3 is 0 Å². The highest BCUT2D eigenvalue weighted by Crippen LogP contribution is 2.10. The number of carbonyl (C=O) groups is 2. The van der Waals surface area contributed by atoms with Gasteiger partial charge in [0.05, 0.1) is 0 Å². The average Bonchev–Trinajstić information content (AvgIpc) is 2.30. The molecule has 0 fully saturated rings. The second kappa shape index (κ2) is 6.18. The molecule has 3 heteroatoms. The lowest BCUT2D eigenvalue weighted by atomic mass is 10.1. The number of carbonyl (C=O) groups excluding carboxylic acids is 2. The van der Waals surface area contributed by atoms with E-state index in [0.29, 0.717) is 12.0 Å². The van der Waals surface area contributed by atoms with Crippen molar-refractivity contribution >= 4 is 11.8 Å². The minimum Gasteiger partial charge on any atom is -0.276 e. The molecule has 0 aliphatic rings. The zero-order valence-corrected chi connectivity index (χ0v) is 10.6. The summed E-state index contributed by atoms with van der Waals surface area (Å²) >= 11 is 0. The zero-order chi connectivity index (χ0) is 12.8. The molecule has 0 aromatic heterocycles. The third-order valence-electron chi connectivity index (χ3n) is 2.49. The highest BCUT2D eigenvalue weighted by atomic mass is 16.2. The predicted molar refractivity (Wildman–Crippen MR) is 67.7 cm³/mol. The van der Waals surface area contributed by atoms with Crippen LogP contribution in [0.5, 0.6) is 0 Å². The minimum absolute atomic E-state index is 0.101. The van der Waals surface area contributed by atoms with Gasteiger partial charge in [0.2, 0.25) is 5.91 Å². The number of amides is 2. The van der Waals surface area contributed by atoms with Crippen molar-refractivity contribution in [3.8, 4) is 0 Å². The normalized spacial score (nSPS) is 10.4. The van der Waals surface area contributed by atoms with Gasteiger partial charge in [-0.25, -0.2) is 0 Å². The van der Waals surface area contributed by atoms with E-state index in [2.05, 4.69) is 0 Å². The van der Waals surface area contributed by atoms with Crippen LogP contribution in [0.4, 0.5) is 0 Å². The Labute approximate surface area is 102 Å². The van der Waals surface area contributed by atoms with Crippen LogP contribution in [0.25, 0.3) is 0 Å². The molecule has 1 aromatic rings. The van der Waals surface area contributed by atoms with E-state index in [1.54, 1.807) is 24.3 Å². The molecule has 0 saturated heterocycles. The number of hydrogen-bond acceptors (Lipinski definition) is 2. The van der Waals surface area contributed by atoms with Gasteiger partial charge in [0.25, 0.3) is 5.91 Å². The lowest BCUT2D eigenvalue weighted by Crippen LogP contribution is -2.41. The summed E-state index contributed by atoms with van der Waals surface area (Å²) in [5.41, 5.74) is 0.561. The molecule has 1 rings (SSSR count). The molecule has 2 amide bonds. The Morgan fingerprint density at radius 2 is 1.76 bits per heavy atom. The van der Waals surface area contributed by atoms with Crippen molar-refractivity contribution in [1.82, 2.24) is 4.90 Å². The first kappa shape index (κ1) is 13.4. The summed E-state index contributed by atoms with van der Waals surface area (Å²) in [6, 6.07) is 8.81. The van der Waals surface area contributed by atoms with Gasteiger partial charge >= 0.3 is 0 Å². The molecule has 0 spiro atoms. The van der Waals surface area contributed by atoms with E-state index in [4.69, 9.17) is 0 Å². The van der Waals surface area contributed by atoms with Gasteiger partial charge in [-0.3, -0.25) is 14.5 Å². The Morgan fingerprint density at radius 3 is 2.24 bits per heavy atom. The van der Waals surface area contributed by atoms with Crippen molar-refractivity contribution in [1.29, 1.82) is 0 Å². The molecule has 0 aliphatic heterocycles. The summed E-state index contributed by atoms with van der Waals surface area (Å²) in [5, 5.41) is 0. The monoisotopic (exact) mass is 233 g/mol. The molecule has 0 atom stereocenters. The van der Waals surface area contributed by atoms with E-state index >= 15 is 0 Å². The summed E-state index contributed by atoms with van der Waals surface area (Å²) < 4.78 is 0. The van der Waals surface area contributed by atoms with Crippen LogP contribution in [0, 0.1) is 0 Å². The van der Waals surface area contributed by atoms with Gasteiger partial charge in [0.1, 0.15) is 0 Å². The van der Waals surface area contributed by atoms with E-state index < -0.39 is 0 Å². The third kappa shape index (κ3) is 3.41. The quantitative estimate of drug-likeness (QED) is 0.802.